The minimum Gasteiger partial charge on any atom is -0.462 e. The van der Waals surface area contributed by atoms with Gasteiger partial charge in [-0.2, -0.15) is 0 Å². The molecule has 5 aromatic rings. The second-order valence-corrected chi connectivity index (χ2v) is 9.10. The van der Waals surface area contributed by atoms with Gasteiger partial charge in [0.1, 0.15) is 41.2 Å². The molecule has 0 spiro atoms. The monoisotopic (exact) mass is 616 g/mol. The van der Waals surface area contributed by atoms with Crippen molar-refractivity contribution >= 4 is 0 Å². The van der Waals surface area contributed by atoms with Crippen LogP contribution >= 0.6 is 0 Å². The number of rotatable bonds is 7. The summed E-state index contributed by atoms with van der Waals surface area (Å²) in [5.41, 5.74) is -2.81. The van der Waals surface area contributed by atoms with E-state index in [9.17, 15) is 54.1 Å². The predicted molar refractivity (Wildman–Crippen MR) is 125 cm³/mol. The molecule has 0 radical (unpaired) electrons. The van der Waals surface area contributed by atoms with Crippen LogP contribution in [-0.2, 0) is 0 Å². The molecule has 3 aromatic carbocycles. The molecule has 0 aliphatic carbocycles. The molecular weight excluding hydrogens is 602 g/mol. The summed E-state index contributed by atoms with van der Waals surface area (Å²) < 4.78 is 150. The minimum absolute atomic E-state index is 0.157. The zero-order valence-electron chi connectivity index (χ0n) is 20.9. The summed E-state index contributed by atoms with van der Waals surface area (Å²) in [4.78, 5) is 0. The van der Waals surface area contributed by atoms with Crippen molar-refractivity contribution in [2.24, 2.45) is 0 Å². The quantitative estimate of drug-likeness (QED) is 0.112. The normalized spacial score (nSPS) is 13.8. The van der Waals surface area contributed by atoms with Gasteiger partial charge in [0.15, 0.2) is 46.5 Å². The smallest absolute Gasteiger partial charge is 0.200 e. The summed E-state index contributed by atoms with van der Waals surface area (Å²) in [6, 6.07) is 12.0. The molecule has 43 heavy (non-hydrogen) atoms. The topological polar surface area (TPSA) is 66.7 Å². The van der Waals surface area contributed by atoms with Crippen molar-refractivity contribution in [3.05, 3.63) is 153 Å². The first-order valence-corrected chi connectivity index (χ1v) is 12.0. The van der Waals surface area contributed by atoms with Crippen LogP contribution in [0.2, 0.25) is 0 Å². The lowest BCUT2D eigenvalue weighted by molar-refractivity contribution is 0.169. The second-order valence-electron chi connectivity index (χ2n) is 9.10. The molecule has 0 saturated carbocycles. The number of aliphatic hydroxyl groups is 2. The van der Waals surface area contributed by atoms with Gasteiger partial charge in [0.05, 0.1) is 11.1 Å². The van der Waals surface area contributed by atoms with Gasteiger partial charge in [0, 0.05) is 0 Å². The molecule has 2 aromatic heterocycles. The first kappa shape index (κ1) is 29.9. The molecule has 2 atom stereocenters. The van der Waals surface area contributed by atoms with Gasteiger partial charge in [-0.25, -0.2) is 43.9 Å². The van der Waals surface area contributed by atoms with Gasteiger partial charge in [0.2, 0.25) is 11.6 Å². The summed E-state index contributed by atoms with van der Waals surface area (Å²) in [6.07, 6.45) is -4.95. The van der Waals surface area contributed by atoms with E-state index in [1.807, 2.05) is 0 Å². The zero-order chi connectivity index (χ0) is 31.3. The van der Waals surface area contributed by atoms with E-state index in [-0.39, 0.29) is 11.5 Å². The first-order valence-electron chi connectivity index (χ1n) is 12.0. The zero-order valence-corrected chi connectivity index (χ0v) is 20.9. The van der Waals surface area contributed by atoms with E-state index in [1.54, 1.807) is 18.2 Å². The Bertz CT molecular complexity index is 1660. The summed E-state index contributed by atoms with van der Waals surface area (Å²) >= 11 is 0. The van der Waals surface area contributed by atoms with Crippen LogP contribution in [0.4, 0.5) is 43.9 Å². The van der Waals surface area contributed by atoms with E-state index < -0.39 is 98.9 Å². The molecule has 224 valence electrons. The number of benzene rings is 3. The third-order valence-electron chi connectivity index (χ3n) is 6.57. The molecule has 2 N–H and O–H groups in total. The molecule has 2 heterocycles. The van der Waals surface area contributed by atoms with Gasteiger partial charge in [-0.1, -0.05) is 30.3 Å². The van der Waals surface area contributed by atoms with Crippen LogP contribution in [-0.4, -0.2) is 10.2 Å². The van der Waals surface area contributed by atoms with Gasteiger partial charge in [0.25, 0.3) is 0 Å². The molecular formula is C29H14F10O4. The fourth-order valence-electron chi connectivity index (χ4n) is 4.46. The highest BCUT2D eigenvalue weighted by Gasteiger charge is 2.35. The van der Waals surface area contributed by atoms with E-state index in [1.165, 1.54) is 12.1 Å². The highest BCUT2D eigenvalue weighted by Crippen LogP contribution is 2.39. The second kappa shape index (κ2) is 11.3. The van der Waals surface area contributed by atoms with Gasteiger partial charge < -0.3 is 19.0 Å². The number of halogens is 10. The van der Waals surface area contributed by atoms with Crippen LogP contribution in [0.1, 0.15) is 57.9 Å². The molecule has 0 fully saturated rings. The van der Waals surface area contributed by atoms with Crippen molar-refractivity contribution in [2.45, 2.75) is 18.1 Å². The number of hydrogen-bond donors (Lipinski definition) is 2. The van der Waals surface area contributed by atoms with Crippen LogP contribution in [0.3, 0.4) is 0 Å². The van der Waals surface area contributed by atoms with E-state index >= 15 is 0 Å². The fraction of sp³-hybridized carbons (Fsp3) is 0.103. The first-order chi connectivity index (χ1) is 20.3. The molecule has 14 heteroatoms. The van der Waals surface area contributed by atoms with Gasteiger partial charge in [-0.15, -0.1) is 0 Å². The molecule has 0 saturated heterocycles. The maximum atomic E-state index is 14.3. The highest BCUT2D eigenvalue weighted by atomic mass is 19.2. The van der Waals surface area contributed by atoms with Crippen LogP contribution in [0.25, 0.3) is 0 Å². The van der Waals surface area contributed by atoms with Crippen LogP contribution in [0, 0.1) is 58.2 Å². The van der Waals surface area contributed by atoms with Crippen molar-refractivity contribution in [1.82, 2.24) is 0 Å². The average molecular weight is 616 g/mol. The predicted octanol–water partition coefficient (Wildman–Crippen LogP) is 7.61. The Morgan fingerprint density at radius 3 is 1.05 bits per heavy atom. The largest absolute Gasteiger partial charge is 0.462 e. The lowest BCUT2D eigenvalue weighted by atomic mass is 9.94. The third kappa shape index (κ3) is 4.95. The Hall–Kier alpha value is -4.56. The molecule has 2 unspecified atom stereocenters. The maximum absolute atomic E-state index is 14.3. The molecule has 0 amide bonds. The van der Waals surface area contributed by atoms with Crippen LogP contribution < -0.4 is 0 Å². The van der Waals surface area contributed by atoms with E-state index in [0.29, 0.717) is 5.56 Å². The van der Waals surface area contributed by atoms with E-state index in [0.717, 1.165) is 24.3 Å². The van der Waals surface area contributed by atoms with E-state index in [2.05, 4.69) is 0 Å². The summed E-state index contributed by atoms with van der Waals surface area (Å²) in [5, 5.41) is 21.0. The van der Waals surface area contributed by atoms with Crippen molar-refractivity contribution < 1.29 is 63.0 Å². The standard InChI is InChI=1S/C29H14F10O4/c30-18-16(19(31)23(35)26(38)22(18)34)28(40)13-8-6-11(42-13)15(10-4-2-1-3-5-10)12-7-9-14(43-12)29(41)17-20(32)24(36)27(39)25(37)21(17)33/h1-9,15,28-29,40-41H. The molecule has 0 bridgehead atoms. The van der Waals surface area contributed by atoms with Gasteiger partial charge >= 0.3 is 0 Å². The molecule has 0 aliphatic rings. The lowest BCUT2D eigenvalue weighted by Crippen LogP contribution is -2.12. The summed E-state index contributed by atoms with van der Waals surface area (Å²) in [7, 11) is 0. The van der Waals surface area contributed by atoms with Crippen LogP contribution in [0.5, 0.6) is 0 Å². The van der Waals surface area contributed by atoms with E-state index in [4.69, 9.17) is 8.83 Å². The minimum atomic E-state index is -2.47. The van der Waals surface area contributed by atoms with Gasteiger partial charge in [-0.05, 0) is 29.8 Å². The number of aliphatic hydroxyl groups excluding tert-OH is 2. The Labute approximate surface area is 234 Å². The Morgan fingerprint density at radius 1 is 0.395 bits per heavy atom. The highest BCUT2D eigenvalue weighted by molar-refractivity contribution is 5.39. The number of furan rings is 2. The number of hydrogen-bond acceptors (Lipinski definition) is 4. The van der Waals surface area contributed by atoms with Crippen molar-refractivity contribution in [3.8, 4) is 0 Å². The summed E-state index contributed by atoms with van der Waals surface area (Å²) in [5.74, 6) is -26.0. The van der Waals surface area contributed by atoms with Gasteiger partial charge in [-0.3, -0.25) is 0 Å². The lowest BCUT2D eigenvalue weighted by Gasteiger charge is -2.16. The van der Waals surface area contributed by atoms with Crippen molar-refractivity contribution in [3.63, 3.8) is 0 Å². The maximum Gasteiger partial charge on any atom is 0.200 e. The molecule has 5 rings (SSSR count). The fourth-order valence-corrected chi connectivity index (χ4v) is 4.46. The molecule has 0 aliphatic heterocycles. The SMILES string of the molecule is OC(c1ccc(C(c2ccccc2)c2ccc(C(O)c3c(F)c(F)c(F)c(F)c3F)o2)o1)c1c(F)c(F)c(F)c(F)c1F. The third-order valence-corrected chi connectivity index (χ3v) is 6.57. The molecule has 4 nitrogen and oxygen atoms in total. The van der Waals surface area contributed by atoms with Crippen LogP contribution in [0.15, 0.2) is 63.4 Å². The van der Waals surface area contributed by atoms with Crippen molar-refractivity contribution in [2.75, 3.05) is 0 Å². The van der Waals surface area contributed by atoms with Crippen molar-refractivity contribution in [1.29, 1.82) is 0 Å². The Morgan fingerprint density at radius 2 is 0.698 bits per heavy atom. The summed E-state index contributed by atoms with van der Waals surface area (Å²) in [6.45, 7) is 0. The Balaban J connectivity index is 1.56. The average Bonchev–Trinajstić information content (AvgIpc) is 3.69. The Kier molecular flexibility index (Phi) is 7.84.